The largest absolute Gasteiger partial charge is 0.352 e. The highest BCUT2D eigenvalue weighted by Crippen LogP contribution is 1.96. The van der Waals surface area contributed by atoms with Gasteiger partial charge >= 0.3 is 0 Å². The Morgan fingerprint density at radius 3 is 2.25 bits per heavy atom. The Hall–Kier alpha value is -0.530. The molecule has 0 spiro atoms. The van der Waals surface area contributed by atoms with Crippen molar-refractivity contribution in [3.63, 3.8) is 0 Å². The Bertz CT molecular complexity index is 156. The zero-order valence-electron chi connectivity index (χ0n) is 8.41. The first kappa shape index (κ1) is 3.49. The number of amides is 1. The molecule has 0 aromatic rings. The summed E-state index contributed by atoms with van der Waals surface area (Å²) < 4.78 is 20.2. The Labute approximate surface area is 54.5 Å². The van der Waals surface area contributed by atoms with Crippen LogP contribution in [0.1, 0.15) is 31.7 Å². The van der Waals surface area contributed by atoms with Gasteiger partial charge in [0.15, 0.2) is 0 Å². The van der Waals surface area contributed by atoms with Crippen LogP contribution in [-0.2, 0) is 4.79 Å². The van der Waals surface area contributed by atoms with Crippen LogP contribution in [-0.4, -0.2) is 11.4 Å². The second-order valence-electron chi connectivity index (χ2n) is 2.70. The normalized spacial score (nSPS) is 18.1. The number of nitrogens with one attached hydrogen (secondary N) is 1. The predicted molar refractivity (Wildman–Crippen MR) is 33.6 cm³/mol. The number of rotatable bonds is 0. The minimum atomic E-state index is -2.53. The van der Waals surface area contributed by atoms with E-state index >= 15 is 0 Å². The van der Waals surface area contributed by atoms with Crippen molar-refractivity contribution in [1.29, 1.82) is 0 Å². The third-order valence-corrected chi connectivity index (χ3v) is 0.489. The van der Waals surface area contributed by atoms with Gasteiger partial charge in [0.25, 0.3) is 0 Å². The van der Waals surface area contributed by atoms with Crippen molar-refractivity contribution in [1.82, 2.24) is 5.32 Å². The summed E-state index contributed by atoms with van der Waals surface area (Å²) in [6, 6.07) is 0. The lowest BCUT2D eigenvalue weighted by Crippen LogP contribution is -2.38. The number of carbonyl (C=O) groups excluding carboxylic acids is 1. The summed E-state index contributed by atoms with van der Waals surface area (Å²) in [6.07, 6.45) is 0. The topological polar surface area (TPSA) is 29.1 Å². The summed E-state index contributed by atoms with van der Waals surface area (Å²) in [4.78, 5) is 10.8. The van der Waals surface area contributed by atoms with Crippen molar-refractivity contribution < 1.29 is 8.91 Å². The molecule has 2 heteroatoms. The molecule has 48 valence electrons. The maximum atomic E-state index is 10.8. The summed E-state index contributed by atoms with van der Waals surface area (Å²) in [5, 5.41) is 2.36. The van der Waals surface area contributed by atoms with Crippen molar-refractivity contribution in [2.45, 2.75) is 33.2 Å². The van der Waals surface area contributed by atoms with Crippen LogP contribution in [0.15, 0.2) is 0 Å². The molecule has 0 unspecified atom stereocenters. The smallest absolute Gasteiger partial charge is 0.217 e. The highest BCUT2D eigenvalue weighted by Gasteiger charge is 2.08. The zero-order chi connectivity index (χ0) is 9.28. The molecule has 1 N–H and O–H groups in total. The lowest BCUT2D eigenvalue weighted by molar-refractivity contribution is -0.120. The quantitative estimate of drug-likeness (QED) is 0.503. The van der Waals surface area contributed by atoms with Crippen LogP contribution in [0.3, 0.4) is 0 Å². The molecular formula is C6H13NO. The van der Waals surface area contributed by atoms with Crippen molar-refractivity contribution in [2.24, 2.45) is 0 Å². The fourth-order valence-corrected chi connectivity index (χ4v) is 0.341. The number of carbonyl (C=O) groups is 1. The van der Waals surface area contributed by atoms with Gasteiger partial charge in [0.05, 0.1) is 0 Å². The van der Waals surface area contributed by atoms with E-state index in [4.69, 9.17) is 4.11 Å². The van der Waals surface area contributed by atoms with Crippen molar-refractivity contribution in [3.8, 4) is 0 Å². The van der Waals surface area contributed by atoms with E-state index in [0.29, 0.717) is 0 Å². The first-order valence-electron chi connectivity index (χ1n) is 3.95. The lowest BCUT2D eigenvalue weighted by atomic mass is 10.1. The molecule has 8 heavy (non-hydrogen) atoms. The molecule has 0 saturated carbocycles. The SMILES string of the molecule is [2H]C([2H])([2H])C(=O)NC(C)(C)C. The first-order valence-corrected chi connectivity index (χ1v) is 2.45. The molecule has 1 amide bonds. The lowest BCUT2D eigenvalue weighted by Gasteiger charge is -2.18. The van der Waals surface area contributed by atoms with E-state index in [2.05, 4.69) is 5.32 Å². The highest BCUT2D eigenvalue weighted by molar-refractivity contribution is 5.73. The van der Waals surface area contributed by atoms with Gasteiger partial charge in [0.2, 0.25) is 5.91 Å². The summed E-state index contributed by atoms with van der Waals surface area (Å²) in [5.41, 5.74) is -0.481. The minimum Gasteiger partial charge on any atom is -0.352 e. The van der Waals surface area contributed by atoms with Gasteiger partial charge in [-0.15, -0.1) is 0 Å². The molecule has 2 nitrogen and oxygen atoms in total. The molecule has 0 radical (unpaired) electrons. The number of hydrogen-bond acceptors (Lipinski definition) is 1. The molecule has 0 aromatic carbocycles. The zero-order valence-corrected chi connectivity index (χ0v) is 5.41. The Kier molecular flexibility index (Phi) is 0.941. The summed E-state index contributed by atoms with van der Waals surface area (Å²) >= 11 is 0. The average molecular weight is 118 g/mol. The third kappa shape index (κ3) is 5.47. The van der Waals surface area contributed by atoms with E-state index in [-0.39, 0.29) is 0 Å². The van der Waals surface area contributed by atoms with Crippen LogP contribution in [0.25, 0.3) is 0 Å². The molecule has 0 fully saturated rings. The third-order valence-electron chi connectivity index (χ3n) is 0.489. The monoisotopic (exact) mass is 118 g/mol. The molecule has 0 aliphatic carbocycles. The van der Waals surface area contributed by atoms with Crippen LogP contribution >= 0.6 is 0 Å². The number of hydrogen-bond donors (Lipinski definition) is 1. The van der Waals surface area contributed by atoms with Crippen molar-refractivity contribution in [2.75, 3.05) is 0 Å². The second kappa shape index (κ2) is 2.16. The van der Waals surface area contributed by atoms with Gasteiger partial charge in [-0.25, -0.2) is 0 Å². The van der Waals surface area contributed by atoms with Crippen molar-refractivity contribution >= 4 is 5.91 Å². The van der Waals surface area contributed by atoms with Crippen LogP contribution in [0.5, 0.6) is 0 Å². The molecule has 0 aliphatic rings. The molecule has 0 bridgehead atoms. The molecule has 0 saturated heterocycles. The fraction of sp³-hybridized carbons (Fsp3) is 0.833. The van der Waals surface area contributed by atoms with Crippen LogP contribution < -0.4 is 5.32 Å². The van der Waals surface area contributed by atoms with E-state index in [9.17, 15) is 4.79 Å². The first-order chi connectivity index (χ1) is 4.63. The van der Waals surface area contributed by atoms with Crippen molar-refractivity contribution in [3.05, 3.63) is 0 Å². The summed E-state index contributed by atoms with van der Waals surface area (Å²) in [5.74, 6) is -0.898. The van der Waals surface area contributed by atoms with Crippen LogP contribution in [0.2, 0.25) is 0 Å². The van der Waals surface area contributed by atoms with E-state index in [1.165, 1.54) is 0 Å². The predicted octanol–water partition coefficient (Wildman–Crippen LogP) is 0.921. The molecule has 0 heterocycles. The molecule has 0 rings (SSSR count). The van der Waals surface area contributed by atoms with E-state index in [1.54, 1.807) is 20.8 Å². The van der Waals surface area contributed by atoms with E-state index in [1.807, 2.05) is 0 Å². The minimum absolute atomic E-state index is 0.481. The maximum absolute atomic E-state index is 10.8. The van der Waals surface area contributed by atoms with E-state index in [0.717, 1.165) is 0 Å². The van der Waals surface area contributed by atoms with Crippen LogP contribution in [0.4, 0.5) is 0 Å². The summed E-state index contributed by atoms with van der Waals surface area (Å²) in [6.45, 7) is 2.66. The van der Waals surface area contributed by atoms with Gasteiger partial charge in [-0.05, 0) is 20.8 Å². The highest BCUT2D eigenvalue weighted by atomic mass is 16.1. The summed E-state index contributed by atoms with van der Waals surface area (Å²) in [7, 11) is 0. The fourth-order valence-electron chi connectivity index (χ4n) is 0.341. The maximum Gasteiger partial charge on any atom is 0.217 e. The van der Waals surface area contributed by atoms with Gasteiger partial charge in [0, 0.05) is 16.5 Å². The van der Waals surface area contributed by atoms with Gasteiger partial charge in [-0.2, -0.15) is 0 Å². The standard InChI is InChI=1S/C6H13NO/c1-5(8)7-6(2,3)4/h1-4H3,(H,7,8)/i1D3. The Morgan fingerprint density at radius 1 is 1.62 bits per heavy atom. The van der Waals surface area contributed by atoms with Gasteiger partial charge in [-0.1, -0.05) is 0 Å². The van der Waals surface area contributed by atoms with Crippen LogP contribution in [0, 0.1) is 0 Å². The van der Waals surface area contributed by atoms with Gasteiger partial charge in [0.1, 0.15) is 0 Å². The molecular weight excluding hydrogens is 102 g/mol. The molecule has 0 atom stereocenters. The van der Waals surface area contributed by atoms with E-state index < -0.39 is 18.3 Å². The Morgan fingerprint density at radius 2 is 2.12 bits per heavy atom. The van der Waals surface area contributed by atoms with Gasteiger partial charge in [-0.3, -0.25) is 4.79 Å². The molecule has 0 aromatic heterocycles. The van der Waals surface area contributed by atoms with Gasteiger partial charge < -0.3 is 5.32 Å². The average Bonchev–Trinajstić information content (AvgIpc) is 1.56. The molecule has 0 aliphatic heterocycles. The Balaban J connectivity index is 4.11. The second-order valence-corrected chi connectivity index (χ2v) is 2.70.